The van der Waals surface area contributed by atoms with Crippen molar-refractivity contribution < 1.29 is 0 Å². The summed E-state index contributed by atoms with van der Waals surface area (Å²) in [6.45, 7) is 3.20. The molecule has 2 bridgehead atoms. The average Bonchev–Trinajstić information content (AvgIpc) is 2.63. The van der Waals surface area contributed by atoms with Gasteiger partial charge in [0, 0.05) is 56.1 Å². The molecule has 0 aromatic carbocycles. The van der Waals surface area contributed by atoms with Crippen LogP contribution in [0.2, 0.25) is 5.02 Å². The first kappa shape index (κ1) is 16.7. The first-order chi connectivity index (χ1) is 13.1. The molecule has 2 atom stereocenters. The second-order valence-electron chi connectivity index (χ2n) is 7.55. The number of piperidine rings is 1. The number of aromatic nitrogens is 3. The Kier molecular flexibility index (Phi) is 3.91. The molecule has 0 amide bonds. The smallest absolute Gasteiger partial charge is 0.258 e. The van der Waals surface area contributed by atoms with Crippen LogP contribution in [0, 0.1) is 5.92 Å². The number of halogens is 1. The van der Waals surface area contributed by atoms with Crippen LogP contribution in [0.25, 0.3) is 5.65 Å². The molecule has 5 rings (SSSR count). The SMILES string of the molecule is O=c1cccc2n1C[C@H]1C[C@H]2CN(Cc2cc(=O)n3cc(Cl)ccc3n2)C1. The second-order valence-corrected chi connectivity index (χ2v) is 7.99. The highest BCUT2D eigenvalue weighted by molar-refractivity contribution is 6.30. The molecular formula is C20H19ClN4O2. The van der Waals surface area contributed by atoms with Gasteiger partial charge in [-0.1, -0.05) is 17.7 Å². The van der Waals surface area contributed by atoms with Gasteiger partial charge in [-0.05, 0) is 30.5 Å². The third-order valence-corrected chi connectivity index (χ3v) is 5.84. The molecule has 3 aromatic rings. The maximum absolute atomic E-state index is 12.4. The molecule has 1 saturated heterocycles. The topological polar surface area (TPSA) is 59.6 Å². The lowest BCUT2D eigenvalue weighted by molar-refractivity contribution is 0.113. The third kappa shape index (κ3) is 2.99. The van der Waals surface area contributed by atoms with E-state index < -0.39 is 0 Å². The summed E-state index contributed by atoms with van der Waals surface area (Å²) >= 11 is 5.97. The Morgan fingerprint density at radius 2 is 1.96 bits per heavy atom. The van der Waals surface area contributed by atoms with E-state index >= 15 is 0 Å². The van der Waals surface area contributed by atoms with Crippen molar-refractivity contribution in [3.05, 3.63) is 79.7 Å². The maximum atomic E-state index is 12.4. The molecule has 3 aromatic heterocycles. The summed E-state index contributed by atoms with van der Waals surface area (Å²) < 4.78 is 3.40. The lowest BCUT2D eigenvalue weighted by Gasteiger charge is -2.42. The molecule has 0 N–H and O–H groups in total. The number of nitrogens with zero attached hydrogens (tertiary/aromatic N) is 4. The maximum Gasteiger partial charge on any atom is 0.258 e. The van der Waals surface area contributed by atoms with E-state index in [9.17, 15) is 9.59 Å². The highest BCUT2D eigenvalue weighted by Crippen LogP contribution is 2.35. The van der Waals surface area contributed by atoms with Crippen LogP contribution in [-0.4, -0.2) is 31.9 Å². The van der Waals surface area contributed by atoms with E-state index in [0.29, 0.717) is 29.1 Å². The largest absolute Gasteiger partial charge is 0.312 e. The Hall–Kier alpha value is -2.44. The predicted octanol–water partition coefficient (Wildman–Crippen LogP) is 2.13. The Bertz CT molecular complexity index is 1150. The lowest BCUT2D eigenvalue weighted by Crippen LogP contribution is -2.46. The van der Waals surface area contributed by atoms with E-state index in [1.165, 1.54) is 4.40 Å². The Morgan fingerprint density at radius 3 is 2.85 bits per heavy atom. The van der Waals surface area contributed by atoms with E-state index in [1.54, 1.807) is 30.5 Å². The summed E-state index contributed by atoms with van der Waals surface area (Å²) in [6.07, 6.45) is 2.71. The molecule has 0 unspecified atom stereocenters. The molecular weight excluding hydrogens is 364 g/mol. The monoisotopic (exact) mass is 382 g/mol. The highest BCUT2D eigenvalue weighted by atomic mass is 35.5. The normalized spacial score (nSPS) is 22.0. The van der Waals surface area contributed by atoms with Crippen molar-refractivity contribution in [1.82, 2.24) is 18.9 Å². The van der Waals surface area contributed by atoms with Crippen LogP contribution in [0.5, 0.6) is 0 Å². The van der Waals surface area contributed by atoms with Gasteiger partial charge in [-0.25, -0.2) is 4.98 Å². The van der Waals surface area contributed by atoms with Crippen LogP contribution in [0.1, 0.15) is 23.7 Å². The number of hydrogen-bond acceptors (Lipinski definition) is 4. The molecule has 0 radical (unpaired) electrons. The van der Waals surface area contributed by atoms with Gasteiger partial charge in [-0.3, -0.25) is 18.9 Å². The Labute approximate surface area is 160 Å². The quantitative estimate of drug-likeness (QED) is 0.681. The summed E-state index contributed by atoms with van der Waals surface area (Å²) in [7, 11) is 0. The average molecular weight is 383 g/mol. The fourth-order valence-corrected chi connectivity index (χ4v) is 4.72. The van der Waals surface area contributed by atoms with Crippen molar-refractivity contribution >= 4 is 17.2 Å². The minimum absolute atomic E-state index is 0.0959. The van der Waals surface area contributed by atoms with Gasteiger partial charge < -0.3 is 4.57 Å². The van der Waals surface area contributed by atoms with Crippen LogP contribution in [0.4, 0.5) is 0 Å². The van der Waals surface area contributed by atoms with Crippen molar-refractivity contribution in [2.75, 3.05) is 13.1 Å². The van der Waals surface area contributed by atoms with Gasteiger partial charge in [-0.2, -0.15) is 0 Å². The fraction of sp³-hybridized carbons (Fsp3) is 0.350. The van der Waals surface area contributed by atoms with Gasteiger partial charge in [-0.15, -0.1) is 0 Å². The van der Waals surface area contributed by atoms with Crippen LogP contribution in [-0.2, 0) is 13.1 Å². The zero-order chi connectivity index (χ0) is 18.5. The fourth-order valence-electron chi connectivity index (χ4n) is 4.56. The van der Waals surface area contributed by atoms with Crippen molar-refractivity contribution in [1.29, 1.82) is 0 Å². The van der Waals surface area contributed by atoms with Gasteiger partial charge >= 0.3 is 0 Å². The zero-order valence-electron chi connectivity index (χ0n) is 14.7. The lowest BCUT2D eigenvalue weighted by atomic mass is 9.83. The standard InChI is InChI=1S/C20H19ClN4O2/c21-15-4-5-18-22-16(7-20(27)25(18)11-15)12-23-8-13-6-14(10-23)17-2-1-3-19(26)24(17)9-13/h1-5,7,11,13-14H,6,8-10,12H2/t13-,14-/m0/s1. The minimum Gasteiger partial charge on any atom is -0.312 e. The summed E-state index contributed by atoms with van der Waals surface area (Å²) in [5.41, 5.74) is 2.48. The molecule has 0 saturated carbocycles. The Balaban J connectivity index is 1.43. The first-order valence-corrected chi connectivity index (χ1v) is 9.54. The summed E-state index contributed by atoms with van der Waals surface area (Å²) in [5.74, 6) is 0.809. The molecule has 0 spiro atoms. The van der Waals surface area contributed by atoms with Gasteiger partial charge in [0.1, 0.15) is 5.65 Å². The number of hydrogen-bond donors (Lipinski definition) is 0. The van der Waals surface area contributed by atoms with Crippen molar-refractivity contribution in [3.63, 3.8) is 0 Å². The molecule has 5 heterocycles. The number of fused-ring (bicyclic) bond motifs is 5. The van der Waals surface area contributed by atoms with Crippen molar-refractivity contribution in [3.8, 4) is 0 Å². The molecule has 2 aliphatic heterocycles. The van der Waals surface area contributed by atoms with Crippen LogP contribution in [0.15, 0.2) is 52.2 Å². The summed E-state index contributed by atoms with van der Waals surface area (Å²) in [6, 6.07) is 10.7. The van der Waals surface area contributed by atoms with Crippen molar-refractivity contribution in [2.45, 2.75) is 25.4 Å². The number of rotatable bonds is 2. The van der Waals surface area contributed by atoms with Crippen LogP contribution < -0.4 is 11.1 Å². The predicted molar refractivity (Wildman–Crippen MR) is 103 cm³/mol. The summed E-state index contributed by atoms with van der Waals surface area (Å²) in [5, 5.41) is 0.511. The number of pyridine rings is 2. The Morgan fingerprint density at radius 1 is 1.07 bits per heavy atom. The summed E-state index contributed by atoms with van der Waals surface area (Å²) in [4.78, 5) is 31.5. The van der Waals surface area contributed by atoms with Gasteiger partial charge in [0.15, 0.2) is 0 Å². The van der Waals surface area contributed by atoms with Gasteiger partial charge in [0.05, 0.1) is 10.7 Å². The van der Waals surface area contributed by atoms with Crippen molar-refractivity contribution in [2.24, 2.45) is 5.92 Å². The van der Waals surface area contributed by atoms with Crippen LogP contribution >= 0.6 is 11.6 Å². The molecule has 0 aliphatic carbocycles. The van der Waals surface area contributed by atoms with E-state index in [-0.39, 0.29) is 11.1 Å². The minimum atomic E-state index is -0.119. The van der Waals surface area contributed by atoms with E-state index in [4.69, 9.17) is 11.6 Å². The second kappa shape index (κ2) is 6.32. The molecule has 6 nitrogen and oxygen atoms in total. The van der Waals surface area contributed by atoms with Crippen LogP contribution in [0.3, 0.4) is 0 Å². The molecule has 138 valence electrons. The molecule has 2 aliphatic rings. The van der Waals surface area contributed by atoms with E-state index in [0.717, 1.165) is 37.4 Å². The number of likely N-dealkylation sites (tertiary alicyclic amines) is 1. The zero-order valence-corrected chi connectivity index (χ0v) is 15.5. The molecule has 1 fully saturated rings. The first-order valence-electron chi connectivity index (χ1n) is 9.17. The molecule has 27 heavy (non-hydrogen) atoms. The third-order valence-electron chi connectivity index (χ3n) is 5.62. The highest BCUT2D eigenvalue weighted by Gasteiger charge is 2.34. The van der Waals surface area contributed by atoms with Gasteiger partial charge in [0.2, 0.25) is 0 Å². The van der Waals surface area contributed by atoms with E-state index in [1.807, 2.05) is 10.6 Å². The van der Waals surface area contributed by atoms with E-state index in [2.05, 4.69) is 16.0 Å². The molecule has 7 heteroatoms. The van der Waals surface area contributed by atoms with Gasteiger partial charge in [0.25, 0.3) is 11.1 Å².